The minimum Gasteiger partial charge on any atom is -0.493 e. The topological polar surface area (TPSA) is 30.5 Å². The number of methoxy groups -OCH3 is 2. The first kappa shape index (κ1) is 12.6. The zero-order valence-electron chi connectivity index (χ0n) is 9.95. The third-order valence-corrected chi connectivity index (χ3v) is 2.30. The number of hydrogen-bond donors (Lipinski definition) is 1. The number of rotatable bonds is 7. The second kappa shape index (κ2) is 6.90. The van der Waals surface area contributed by atoms with Crippen molar-refractivity contribution in [2.75, 3.05) is 20.8 Å². The minimum atomic E-state index is 0.761. The molecule has 0 unspecified atom stereocenters. The second-order valence-electron chi connectivity index (χ2n) is 3.44. The summed E-state index contributed by atoms with van der Waals surface area (Å²) in [6.45, 7) is 5.45. The molecule has 0 aliphatic rings. The Balaban J connectivity index is 2.57. The monoisotopic (exact) mass is 221 g/mol. The summed E-state index contributed by atoms with van der Waals surface area (Å²) in [6.07, 6.45) is 2.88. The van der Waals surface area contributed by atoms with Gasteiger partial charge in [0.1, 0.15) is 0 Å². The van der Waals surface area contributed by atoms with Gasteiger partial charge < -0.3 is 14.8 Å². The van der Waals surface area contributed by atoms with Crippen LogP contribution in [0.4, 0.5) is 0 Å². The molecular formula is C13H19NO2. The first-order valence-electron chi connectivity index (χ1n) is 5.34. The van der Waals surface area contributed by atoms with Crippen molar-refractivity contribution in [1.82, 2.24) is 5.32 Å². The van der Waals surface area contributed by atoms with Crippen LogP contribution in [0.5, 0.6) is 11.5 Å². The lowest BCUT2D eigenvalue weighted by Gasteiger charge is -2.09. The van der Waals surface area contributed by atoms with Crippen LogP contribution in [0.25, 0.3) is 0 Å². The highest BCUT2D eigenvalue weighted by molar-refractivity contribution is 5.42. The lowest BCUT2D eigenvalue weighted by molar-refractivity contribution is 0.354. The Bertz CT molecular complexity index is 337. The highest BCUT2D eigenvalue weighted by Crippen LogP contribution is 2.27. The van der Waals surface area contributed by atoms with Crippen molar-refractivity contribution < 1.29 is 9.47 Å². The summed E-state index contributed by atoms with van der Waals surface area (Å²) < 4.78 is 10.4. The maximum absolute atomic E-state index is 5.24. The van der Waals surface area contributed by atoms with E-state index in [0.717, 1.165) is 31.0 Å². The van der Waals surface area contributed by atoms with E-state index in [1.165, 1.54) is 5.56 Å². The Kier molecular flexibility index (Phi) is 5.43. The van der Waals surface area contributed by atoms with Crippen LogP contribution in [0.1, 0.15) is 12.0 Å². The van der Waals surface area contributed by atoms with Crippen LogP contribution in [-0.2, 0) is 6.54 Å². The van der Waals surface area contributed by atoms with E-state index in [4.69, 9.17) is 9.47 Å². The molecule has 0 radical (unpaired) electrons. The lowest BCUT2D eigenvalue weighted by Crippen LogP contribution is -2.14. The third-order valence-electron chi connectivity index (χ3n) is 2.30. The first-order chi connectivity index (χ1) is 7.81. The van der Waals surface area contributed by atoms with E-state index < -0.39 is 0 Å². The van der Waals surface area contributed by atoms with Crippen LogP contribution in [0.3, 0.4) is 0 Å². The predicted molar refractivity (Wildman–Crippen MR) is 66.1 cm³/mol. The molecule has 0 fully saturated rings. The van der Waals surface area contributed by atoms with Crippen LogP contribution < -0.4 is 14.8 Å². The molecule has 16 heavy (non-hydrogen) atoms. The van der Waals surface area contributed by atoms with E-state index in [9.17, 15) is 0 Å². The molecule has 1 aromatic carbocycles. The van der Waals surface area contributed by atoms with Gasteiger partial charge in [0.15, 0.2) is 11.5 Å². The number of ether oxygens (including phenoxy) is 2. The lowest BCUT2D eigenvalue weighted by atomic mass is 10.2. The standard InChI is InChI=1S/C13H19NO2/c1-4-5-8-14-10-11-6-7-12(15-2)13(9-11)16-3/h4,6-7,9,14H,1,5,8,10H2,2-3H3. The molecule has 0 amide bonds. The minimum absolute atomic E-state index is 0.761. The fraction of sp³-hybridized carbons (Fsp3) is 0.385. The average Bonchev–Trinajstić information content (AvgIpc) is 2.34. The molecule has 0 spiro atoms. The van der Waals surface area contributed by atoms with Crippen molar-refractivity contribution >= 4 is 0 Å². The Labute approximate surface area is 97.1 Å². The number of nitrogens with one attached hydrogen (secondary N) is 1. The molecule has 3 heteroatoms. The van der Waals surface area contributed by atoms with Crippen molar-refractivity contribution in [3.8, 4) is 11.5 Å². The highest BCUT2D eigenvalue weighted by Gasteiger charge is 2.03. The van der Waals surface area contributed by atoms with E-state index in [1.54, 1.807) is 14.2 Å². The van der Waals surface area contributed by atoms with E-state index in [1.807, 2.05) is 24.3 Å². The fourth-order valence-corrected chi connectivity index (χ4v) is 1.43. The summed E-state index contributed by atoms with van der Waals surface area (Å²) >= 11 is 0. The molecular weight excluding hydrogens is 202 g/mol. The van der Waals surface area contributed by atoms with Gasteiger partial charge >= 0.3 is 0 Å². The Morgan fingerprint density at radius 2 is 2.00 bits per heavy atom. The van der Waals surface area contributed by atoms with Crippen LogP contribution in [0, 0.1) is 0 Å². The van der Waals surface area contributed by atoms with Crippen LogP contribution in [-0.4, -0.2) is 20.8 Å². The zero-order chi connectivity index (χ0) is 11.8. The molecule has 0 saturated carbocycles. The van der Waals surface area contributed by atoms with Crippen molar-refractivity contribution in [3.05, 3.63) is 36.4 Å². The summed E-state index contributed by atoms with van der Waals surface area (Å²) in [7, 11) is 3.28. The Morgan fingerprint density at radius 1 is 1.25 bits per heavy atom. The second-order valence-corrected chi connectivity index (χ2v) is 3.44. The molecule has 0 atom stereocenters. The summed E-state index contributed by atoms with van der Waals surface area (Å²) in [6, 6.07) is 5.94. The van der Waals surface area contributed by atoms with Crippen LogP contribution >= 0.6 is 0 Å². The predicted octanol–water partition coefficient (Wildman–Crippen LogP) is 2.37. The SMILES string of the molecule is C=CCCNCc1ccc(OC)c(OC)c1. The molecule has 0 heterocycles. The van der Waals surface area contributed by atoms with Crippen LogP contribution in [0.2, 0.25) is 0 Å². The van der Waals surface area contributed by atoms with Gasteiger partial charge in [0.2, 0.25) is 0 Å². The number of benzene rings is 1. The van der Waals surface area contributed by atoms with Crippen molar-refractivity contribution in [2.24, 2.45) is 0 Å². The molecule has 1 aromatic rings. The molecule has 0 bridgehead atoms. The smallest absolute Gasteiger partial charge is 0.161 e. The fourth-order valence-electron chi connectivity index (χ4n) is 1.43. The summed E-state index contributed by atoms with van der Waals surface area (Å²) in [5, 5.41) is 3.32. The summed E-state index contributed by atoms with van der Waals surface area (Å²) in [5.74, 6) is 1.53. The average molecular weight is 221 g/mol. The summed E-state index contributed by atoms with van der Waals surface area (Å²) in [5.41, 5.74) is 1.18. The number of hydrogen-bond acceptors (Lipinski definition) is 3. The van der Waals surface area contributed by atoms with E-state index in [-0.39, 0.29) is 0 Å². The normalized spacial score (nSPS) is 9.88. The van der Waals surface area contributed by atoms with E-state index in [0.29, 0.717) is 0 Å². The maximum Gasteiger partial charge on any atom is 0.161 e. The molecule has 1 N–H and O–H groups in total. The molecule has 3 nitrogen and oxygen atoms in total. The first-order valence-corrected chi connectivity index (χ1v) is 5.34. The molecule has 1 rings (SSSR count). The summed E-state index contributed by atoms with van der Waals surface area (Å²) in [4.78, 5) is 0. The van der Waals surface area contributed by atoms with Gasteiger partial charge in [0.05, 0.1) is 14.2 Å². The maximum atomic E-state index is 5.24. The van der Waals surface area contributed by atoms with Gasteiger partial charge in [-0.15, -0.1) is 6.58 Å². The van der Waals surface area contributed by atoms with Crippen molar-refractivity contribution in [2.45, 2.75) is 13.0 Å². The zero-order valence-corrected chi connectivity index (χ0v) is 9.95. The molecule has 0 aromatic heterocycles. The molecule has 0 saturated heterocycles. The van der Waals surface area contributed by atoms with E-state index in [2.05, 4.69) is 11.9 Å². The molecule has 0 aliphatic carbocycles. The van der Waals surface area contributed by atoms with Gasteiger partial charge in [0.25, 0.3) is 0 Å². The Hall–Kier alpha value is -1.48. The van der Waals surface area contributed by atoms with Gasteiger partial charge in [-0.25, -0.2) is 0 Å². The van der Waals surface area contributed by atoms with Gasteiger partial charge in [-0.3, -0.25) is 0 Å². The largest absolute Gasteiger partial charge is 0.493 e. The van der Waals surface area contributed by atoms with Crippen molar-refractivity contribution in [1.29, 1.82) is 0 Å². The molecule has 0 aliphatic heterocycles. The Morgan fingerprint density at radius 3 is 2.62 bits per heavy atom. The van der Waals surface area contributed by atoms with Crippen LogP contribution in [0.15, 0.2) is 30.9 Å². The van der Waals surface area contributed by atoms with E-state index >= 15 is 0 Å². The van der Waals surface area contributed by atoms with Gasteiger partial charge in [0, 0.05) is 6.54 Å². The third kappa shape index (κ3) is 3.59. The quantitative estimate of drug-likeness (QED) is 0.566. The van der Waals surface area contributed by atoms with Gasteiger partial charge in [-0.1, -0.05) is 12.1 Å². The highest BCUT2D eigenvalue weighted by atomic mass is 16.5. The van der Waals surface area contributed by atoms with Crippen molar-refractivity contribution in [3.63, 3.8) is 0 Å². The van der Waals surface area contributed by atoms with Gasteiger partial charge in [-0.05, 0) is 30.7 Å². The molecule has 88 valence electrons. The van der Waals surface area contributed by atoms with Gasteiger partial charge in [-0.2, -0.15) is 0 Å².